The zero-order valence-electron chi connectivity index (χ0n) is 8.86. The minimum Gasteiger partial charge on any atom is -0.479 e. The van der Waals surface area contributed by atoms with Gasteiger partial charge in [0.1, 0.15) is 5.75 Å². The third-order valence-electron chi connectivity index (χ3n) is 1.97. The number of aromatic nitrogens is 1. The van der Waals surface area contributed by atoms with E-state index in [-0.39, 0.29) is 6.54 Å². The Morgan fingerprint density at radius 2 is 2.27 bits per heavy atom. The molecule has 0 aliphatic rings. The molecule has 1 aromatic rings. The second-order valence-corrected chi connectivity index (χ2v) is 3.26. The fraction of sp³-hybridized carbons (Fsp3) is 0.400. The van der Waals surface area contributed by atoms with Crippen LogP contribution in [0.15, 0.2) is 12.1 Å². The molecule has 1 atom stereocenters. The number of carbonyl (C=O) groups excluding carboxylic acids is 1. The lowest BCUT2D eigenvalue weighted by Crippen LogP contribution is -2.31. The molecule has 0 bridgehead atoms. The molecule has 0 spiro atoms. The minimum absolute atomic E-state index is 0.266. The SMILES string of the molecule is Cc1ccc(OC(C)C(N)=O)c(CN)n1. The van der Waals surface area contributed by atoms with E-state index in [4.69, 9.17) is 16.2 Å². The lowest BCUT2D eigenvalue weighted by Gasteiger charge is -2.13. The molecule has 1 heterocycles. The number of amides is 1. The van der Waals surface area contributed by atoms with E-state index >= 15 is 0 Å². The number of nitrogens with two attached hydrogens (primary N) is 2. The van der Waals surface area contributed by atoms with Crippen molar-refractivity contribution in [2.75, 3.05) is 0 Å². The number of hydrogen-bond donors (Lipinski definition) is 2. The van der Waals surface area contributed by atoms with Gasteiger partial charge in [-0.1, -0.05) is 0 Å². The maximum absolute atomic E-state index is 10.8. The van der Waals surface area contributed by atoms with E-state index in [1.165, 1.54) is 0 Å². The van der Waals surface area contributed by atoms with Gasteiger partial charge in [-0.25, -0.2) is 0 Å². The zero-order valence-corrected chi connectivity index (χ0v) is 8.86. The molecular formula is C10H15N3O2. The van der Waals surface area contributed by atoms with Gasteiger partial charge >= 0.3 is 0 Å². The largest absolute Gasteiger partial charge is 0.479 e. The molecule has 1 aromatic heterocycles. The van der Waals surface area contributed by atoms with E-state index in [9.17, 15) is 4.79 Å². The van der Waals surface area contributed by atoms with Crippen molar-refractivity contribution < 1.29 is 9.53 Å². The highest BCUT2D eigenvalue weighted by atomic mass is 16.5. The van der Waals surface area contributed by atoms with Gasteiger partial charge in [-0.3, -0.25) is 9.78 Å². The van der Waals surface area contributed by atoms with Crippen LogP contribution in [0.3, 0.4) is 0 Å². The number of pyridine rings is 1. The van der Waals surface area contributed by atoms with Crippen LogP contribution in [-0.2, 0) is 11.3 Å². The third kappa shape index (κ3) is 2.92. The van der Waals surface area contributed by atoms with Gasteiger partial charge in [0.05, 0.1) is 5.69 Å². The van der Waals surface area contributed by atoms with Crippen molar-refractivity contribution in [1.29, 1.82) is 0 Å². The molecule has 0 radical (unpaired) electrons. The first kappa shape index (κ1) is 11.5. The van der Waals surface area contributed by atoms with Crippen molar-refractivity contribution in [2.24, 2.45) is 11.5 Å². The fourth-order valence-corrected chi connectivity index (χ4v) is 1.10. The van der Waals surface area contributed by atoms with E-state index in [1.807, 2.05) is 6.92 Å². The van der Waals surface area contributed by atoms with Gasteiger partial charge in [0.2, 0.25) is 0 Å². The smallest absolute Gasteiger partial charge is 0.258 e. The Morgan fingerprint density at radius 1 is 1.60 bits per heavy atom. The first-order valence-corrected chi connectivity index (χ1v) is 4.67. The van der Waals surface area contributed by atoms with Crippen LogP contribution >= 0.6 is 0 Å². The molecule has 1 rings (SSSR count). The summed E-state index contributed by atoms with van der Waals surface area (Å²) in [5, 5.41) is 0. The topological polar surface area (TPSA) is 91.2 Å². The number of ether oxygens (including phenoxy) is 1. The van der Waals surface area contributed by atoms with Crippen molar-refractivity contribution in [3.8, 4) is 5.75 Å². The summed E-state index contributed by atoms with van der Waals surface area (Å²) in [6.45, 7) is 3.71. The average molecular weight is 209 g/mol. The third-order valence-corrected chi connectivity index (χ3v) is 1.97. The summed E-state index contributed by atoms with van der Waals surface area (Å²) in [7, 11) is 0. The molecular weight excluding hydrogens is 194 g/mol. The second kappa shape index (κ2) is 4.75. The maximum Gasteiger partial charge on any atom is 0.258 e. The zero-order chi connectivity index (χ0) is 11.4. The van der Waals surface area contributed by atoms with E-state index in [2.05, 4.69) is 4.98 Å². The Balaban J connectivity index is 2.89. The van der Waals surface area contributed by atoms with Crippen LogP contribution in [0.2, 0.25) is 0 Å². The highest BCUT2D eigenvalue weighted by Gasteiger charge is 2.13. The molecule has 0 saturated carbocycles. The Morgan fingerprint density at radius 3 is 2.80 bits per heavy atom. The van der Waals surface area contributed by atoms with Crippen LogP contribution in [0.4, 0.5) is 0 Å². The van der Waals surface area contributed by atoms with Crippen LogP contribution in [0.25, 0.3) is 0 Å². The van der Waals surface area contributed by atoms with Crippen LogP contribution in [-0.4, -0.2) is 17.0 Å². The Kier molecular flexibility index (Phi) is 3.62. The summed E-state index contributed by atoms with van der Waals surface area (Å²) in [5.74, 6) is -0.00653. The quantitative estimate of drug-likeness (QED) is 0.735. The molecule has 15 heavy (non-hydrogen) atoms. The normalized spacial score (nSPS) is 12.2. The Labute approximate surface area is 88.4 Å². The van der Waals surface area contributed by atoms with Crippen LogP contribution in [0.1, 0.15) is 18.3 Å². The summed E-state index contributed by atoms with van der Waals surface area (Å²) < 4.78 is 5.34. The number of rotatable bonds is 4. The Bertz CT molecular complexity index is 366. The molecule has 1 amide bonds. The molecule has 5 heteroatoms. The molecule has 0 saturated heterocycles. The number of nitrogens with zero attached hydrogens (tertiary/aromatic N) is 1. The molecule has 0 aromatic carbocycles. The van der Waals surface area contributed by atoms with E-state index < -0.39 is 12.0 Å². The lowest BCUT2D eigenvalue weighted by molar-refractivity contribution is -0.124. The lowest BCUT2D eigenvalue weighted by atomic mass is 10.2. The number of aryl methyl sites for hydroxylation is 1. The molecule has 82 valence electrons. The average Bonchev–Trinajstić information content (AvgIpc) is 2.20. The van der Waals surface area contributed by atoms with Gasteiger partial charge in [-0.05, 0) is 26.0 Å². The van der Waals surface area contributed by atoms with E-state index in [1.54, 1.807) is 19.1 Å². The predicted octanol–water partition coefficient (Wildman–Crippen LogP) is 0.101. The summed E-state index contributed by atoms with van der Waals surface area (Å²) in [6.07, 6.45) is -0.681. The van der Waals surface area contributed by atoms with Gasteiger partial charge in [0.25, 0.3) is 5.91 Å². The predicted molar refractivity (Wildman–Crippen MR) is 56.1 cm³/mol. The highest BCUT2D eigenvalue weighted by Crippen LogP contribution is 2.17. The minimum atomic E-state index is -0.681. The number of carbonyl (C=O) groups is 1. The Hall–Kier alpha value is -1.62. The first-order valence-electron chi connectivity index (χ1n) is 4.67. The molecule has 4 N–H and O–H groups in total. The molecule has 5 nitrogen and oxygen atoms in total. The van der Waals surface area contributed by atoms with Gasteiger partial charge in [-0.15, -0.1) is 0 Å². The van der Waals surface area contributed by atoms with Crippen LogP contribution in [0, 0.1) is 6.92 Å². The van der Waals surface area contributed by atoms with Gasteiger partial charge in [0, 0.05) is 12.2 Å². The standard InChI is InChI=1S/C10H15N3O2/c1-6-3-4-9(8(5-11)13-6)15-7(2)10(12)14/h3-4,7H,5,11H2,1-2H3,(H2,12,14). The summed E-state index contributed by atoms with van der Waals surface area (Å²) in [6, 6.07) is 3.53. The van der Waals surface area contributed by atoms with E-state index in [0.717, 1.165) is 5.69 Å². The molecule has 0 aliphatic heterocycles. The van der Waals surface area contributed by atoms with Crippen molar-refractivity contribution in [3.63, 3.8) is 0 Å². The van der Waals surface area contributed by atoms with Crippen molar-refractivity contribution >= 4 is 5.91 Å². The van der Waals surface area contributed by atoms with Crippen LogP contribution in [0.5, 0.6) is 5.75 Å². The van der Waals surface area contributed by atoms with Crippen molar-refractivity contribution in [3.05, 3.63) is 23.5 Å². The number of hydrogen-bond acceptors (Lipinski definition) is 4. The van der Waals surface area contributed by atoms with Gasteiger partial charge in [0.15, 0.2) is 6.10 Å². The molecule has 0 fully saturated rings. The van der Waals surface area contributed by atoms with Crippen molar-refractivity contribution in [1.82, 2.24) is 4.98 Å². The summed E-state index contributed by atoms with van der Waals surface area (Å²) in [5.41, 5.74) is 12.1. The summed E-state index contributed by atoms with van der Waals surface area (Å²) in [4.78, 5) is 15.0. The summed E-state index contributed by atoms with van der Waals surface area (Å²) >= 11 is 0. The fourth-order valence-electron chi connectivity index (χ4n) is 1.10. The monoisotopic (exact) mass is 209 g/mol. The van der Waals surface area contributed by atoms with E-state index in [0.29, 0.717) is 11.4 Å². The van der Waals surface area contributed by atoms with Crippen LogP contribution < -0.4 is 16.2 Å². The first-order chi connectivity index (χ1) is 7.04. The highest BCUT2D eigenvalue weighted by molar-refractivity contribution is 5.78. The maximum atomic E-state index is 10.8. The number of primary amides is 1. The van der Waals surface area contributed by atoms with Gasteiger partial charge < -0.3 is 16.2 Å². The van der Waals surface area contributed by atoms with Gasteiger partial charge in [-0.2, -0.15) is 0 Å². The molecule has 0 aliphatic carbocycles. The van der Waals surface area contributed by atoms with Crippen molar-refractivity contribution in [2.45, 2.75) is 26.5 Å². The molecule has 1 unspecified atom stereocenters. The second-order valence-electron chi connectivity index (χ2n) is 3.26.